The summed E-state index contributed by atoms with van der Waals surface area (Å²) in [7, 11) is -3.97. The van der Waals surface area contributed by atoms with Crippen molar-refractivity contribution in [1.82, 2.24) is 4.31 Å². The molecule has 1 heterocycles. The number of sulfonamides is 1. The van der Waals surface area contributed by atoms with Gasteiger partial charge in [0.05, 0.1) is 4.90 Å². The van der Waals surface area contributed by atoms with E-state index >= 15 is 0 Å². The number of rotatable bonds is 3. The third-order valence-corrected chi connectivity index (χ3v) is 5.44. The van der Waals surface area contributed by atoms with Crippen LogP contribution in [0.2, 0.25) is 0 Å². The molecule has 120 valence electrons. The van der Waals surface area contributed by atoms with E-state index in [1.165, 1.54) is 18.2 Å². The monoisotopic (exact) mass is 323 g/mol. The summed E-state index contributed by atoms with van der Waals surface area (Å²) >= 11 is 0. The molecule has 0 N–H and O–H groups in total. The number of nitrogens with zero attached hydrogens (tertiary/aromatic N) is 1. The highest BCUT2D eigenvalue weighted by atomic mass is 32.2. The van der Waals surface area contributed by atoms with E-state index < -0.39 is 33.7 Å². The molecule has 1 amide bonds. The lowest BCUT2D eigenvalue weighted by Gasteiger charge is -2.29. The first-order valence-corrected chi connectivity index (χ1v) is 8.47. The maximum absolute atomic E-state index is 12.8. The number of amides is 1. The Morgan fingerprint density at radius 2 is 1.77 bits per heavy atom. The van der Waals surface area contributed by atoms with Crippen molar-refractivity contribution in [2.24, 2.45) is 5.41 Å². The van der Waals surface area contributed by atoms with Crippen molar-refractivity contribution in [2.75, 3.05) is 0 Å². The quantitative estimate of drug-likeness (QED) is 0.802. The Bertz CT molecular complexity index is 686. The summed E-state index contributed by atoms with van der Waals surface area (Å²) < 4.78 is 31.7. The van der Waals surface area contributed by atoms with Crippen LogP contribution in [-0.4, -0.2) is 31.0 Å². The Balaban J connectivity index is 2.48. The molecular formula is C16H21NO4S. The summed E-state index contributed by atoms with van der Waals surface area (Å²) in [5.74, 6) is 0. The van der Waals surface area contributed by atoms with E-state index in [4.69, 9.17) is 4.74 Å². The smallest absolute Gasteiger partial charge is 0.424 e. The van der Waals surface area contributed by atoms with Gasteiger partial charge in [-0.2, -0.15) is 4.31 Å². The molecule has 0 aromatic heterocycles. The van der Waals surface area contributed by atoms with Crippen molar-refractivity contribution in [2.45, 2.75) is 44.7 Å². The van der Waals surface area contributed by atoms with Crippen molar-refractivity contribution in [1.29, 1.82) is 0 Å². The summed E-state index contributed by atoms with van der Waals surface area (Å²) in [6.45, 7) is 11.2. The summed E-state index contributed by atoms with van der Waals surface area (Å²) in [5, 5.41) is 0. The minimum atomic E-state index is -3.97. The van der Waals surface area contributed by atoms with E-state index in [1.54, 1.807) is 12.1 Å². The highest BCUT2D eigenvalue weighted by Gasteiger charge is 2.51. The SMILES string of the molecule is C=C[C@@H]1[C@@H](C(C)(C)C)OC(=O)N1S(=O)(=O)c1ccc(C)cc1. The summed E-state index contributed by atoms with van der Waals surface area (Å²) in [4.78, 5) is 12.2. The van der Waals surface area contributed by atoms with Crippen LogP contribution in [-0.2, 0) is 14.8 Å². The predicted molar refractivity (Wildman–Crippen MR) is 83.9 cm³/mol. The zero-order chi connectivity index (χ0) is 16.7. The Labute approximate surface area is 131 Å². The second-order valence-corrected chi connectivity index (χ2v) is 8.33. The van der Waals surface area contributed by atoms with Crippen LogP contribution in [0.4, 0.5) is 4.79 Å². The Morgan fingerprint density at radius 3 is 2.23 bits per heavy atom. The number of hydrogen-bond acceptors (Lipinski definition) is 4. The van der Waals surface area contributed by atoms with E-state index in [1.807, 2.05) is 27.7 Å². The van der Waals surface area contributed by atoms with Gasteiger partial charge in [0, 0.05) is 5.41 Å². The van der Waals surface area contributed by atoms with Gasteiger partial charge in [0.15, 0.2) is 0 Å². The van der Waals surface area contributed by atoms with E-state index in [9.17, 15) is 13.2 Å². The summed E-state index contributed by atoms with van der Waals surface area (Å²) in [5.41, 5.74) is 0.544. The number of carbonyl (C=O) groups is 1. The van der Waals surface area contributed by atoms with Crippen LogP contribution in [0.25, 0.3) is 0 Å². The lowest BCUT2D eigenvalue weighted by atomic mass is 9.85. The van der Waals surface area contributed by atoms with E-state index in [-0.39, 0.29) is 4.90 Å². The molecule has 1 aromatic rings. The van der Waals surface area contributed by atoms with Crippen LogP contribution in [0.1, 0.15) is 26.3 Å². The molecule has 2 atom stereocenters. The van der Waals surface area contributed by atoms with Crippen molar-refractivity contribution < 1.29 is 17.9 Å². The van der Waals surface area contributed by atoms with Crippen LogP contribution in [0, 0.1) is 12.3 Å². The summed E-state index contributed by atoms with van der Waals surface area (Å²) in [6, 6.07) is 5.64. The lowest BCUT2D eigenvalue weighted by Crippen LogP contribution is -2.43. The first-order valence-electron chi connectivity index (χ1n) is 7.03. The highest BCUT2D eigenvalue weighted by molar-refractivity contribution is 7.89. The number of ether oxygens (including phenoxy) is 1. The fourth-order valence-corrected chi connectivity index (χ4v) is 3.93. The van der Waals surface area contributed by atoms with E-state index in [0.717, 1.165) is 9.87 Å². The lowest BCUT2D eigenvalue weighted by molar-refractivity contribution is 0.0631. The van der Waals surface area contributed by atoms with Crippen molar-refractivity contribution in [3.05, 3.63) is 42.5 Å². The molecule has 1 aliphatic rings. The van der Waals surface area contributed by atoms with Gasteiger partial charge in [0.1, 0.15) is 12.1 Å². The van der Waals surface area contributed by atoms with Crippen molar-refractivity contribution >= 4 is 16.1 Å². The molecule has 1 saturated heterocycles. The fraction of sp³-hybridized carbons (Fsp3) is 0.438. The minimum Gasteiger partial charge on any atom is -0.442 e. The first-order chi connectivity index (χ1) is 10.1. The van der Waals surface area contributed by atoms with Crippen LogP contribution in [0.3, 0.4) is 0 Å². The Kier molecular flexibility index (Phi) is 4.08. The van der Waals surface area contributed by atoms with E-state index in [0.29, 0.717) is 0 Å². The number of cyclic esters (lactones) is 1. The zero-order valence-electron chi connectivity index (χ0n) is 13.2. The van der Waals surface area contributed by atoms with Gasteiger partial charge in [-0.25, -0.2) is 13.2 Å². The van der Waals surface area contributed by atoms with Gasteiger partial charge in [0.25, 0.3) is 10.0 Å². The number of hydrogen-bond donors (Lipinski definition) is 0. The molecule has 0 radical (unpaired) electrons. The molecule has 0 saturated carbocycles. The molecule has 0 spiro atoms. The van der Waals surface area contributed by atoms with Crippen LogP contribution >= 0.6 is 0 Å². The van der Waals surface area contributed by atoms with Gasteiger partial charge in [-0.05, 0) is 19.1 Å². The second-order valence-electron chi connectivity index (χ2n) is 6.51. The molecule has 0 unspecified atom stereocenters. The fourth-order valence-electron chi connectivity index (χ4n) is 2.47. The molecule has 0 bridgehead atoms. The third kappa shape index (κ3) is 2.75. The molecule has 22 heavy (non-hydrogen) atoms. The second kappa shape index (κ2) is 5.43. The maximum atomic E-state index is 12.8. The topological polar surface area (TPSA) is 63.7 Å². The Hall–Kier alpha value is -1.82. The van der Waals surface area contributed by atoms with Crippen LogP contribution in [0.15, 0.2) is 41.8 Å². The zero-order valence-corrected chi connectivity index (χ0v) is 14.1. The average molecular weight is 323 g/mol. The third-order valence-electron chi connectivity index (χ3n) is 3.66. The summed E-state index contributed by atoms with van der Waals surface area (Å²) in [6.07, 6.45) is 0.0233. The minimum absolute atomic E-state index is 0.0662. The predicted octanol–water partition coefficient (Wildman–Crippen LogP) is 3.11. The van der Waals surface area contributed by atoms with Crippen LogP contribution < -0.4 is 0 Å². The Morgan fingerprint density at radius 1 is 1.23 bits per heavy atom. The molecule has 0 aliphatic carbocycles. The molecule has 1 fully saturated rings. The molecule has 2 rings (SSSR count). The molecular weight excluding hydrogens is 302 g/mol. The molecule has 1 aliphatic heterocycles. The number of benzene rings is 1. The first kappa shape index (κ1) is 16.5. The normalized spacial score (nSPS) is 22.5. The number of aryl methyl sites for hydroxylation is 1. The van der Waals surface area contributed by atoms with Gasteiger partial charge in [-0.3, -0.25) is 0 Å². The van der Waals surface area contributed by atoms with Crippen LogP contribution in [0.5, 0.6) is 0 Å². The maximum Gasteiger partial charge on any atom is 0.424 e. The highest BCUT2D eigenvalue weighted by Crippen LogP contribution is 2.36. The van der Waals surface area contributed by atoms with E-state index in [2.05, 4.69) is 6.58 Å². The molecule has 6 heteroatoms. The van der Waals surface area contributed by atoms with Gasteiger partial charge >= 0.3 is 6.09 Å². The molecule has 1 aromatic carbocycles. The van der Waals surface area contributed by atoms with Gasteiger partial charge in [-0.15, -0.1) is 6.58 Å². The molecule has 5 nitrogen and oxygen atoms in total. The largest absolute Gasteiger partial charge is 0.442 e. The average Bonchev–Trinajstić information content (AvgIpc) is 2.76. The van der Waals surface area contributed by atoms with Gasteiger partial charge in [-0.1, -0.05) is 44.5 Å². The number of carbonyl (C=O) groups excluding carboxylic acids is 1. The van der Waals surface area contributed by atoms with Gasteiger partial charge < -0.3 is 4.74 Å². The standard InChI is InChI=1S/C16H21NO4S/c1-6-13-14(16(3,4)5)21-15(18)17(13)22(19,20)12-9-7-11(2)8-10-12/h6-10,13-14H,1H2,2-5H3/t13-,14+/m1/s1. The van der Waals surface area contributed by atoms with Crippen molar-refractivity contribution in [3.63, 3.8) is 0 Å². The van der Waals surface area contributed by atoms with Gasteiger partial charge in [0.2, 0.25) is 0 Å². The van der Waals surface area contributed by atoms with Crippen molar-refractivity contribution in [3.8, 4) is 0 Å².